The zero-order valence-corrected chi connectivity index (χ0v) is 11.1. The Hall–Kier alpha value is -0.380. The number of methoxy groups -OCH3 is 1. The Labute approximate surface area is 102 Å². The minimum absolute atomic E-state index is 0.281. The first kappa shape index (κ1) is 12.1. The smallest absolute Gasteiger partial charge is 0.0652 e. The van der Waals surface area contributed by atoms with Crippen molar-refractivity contribution >= 4 is 11.3 Å². The highest BCUT2D eigenvalue weighted by molar-refractivity contribution is 7.07. The van der Waals surface area contributed by atoms with Gasteiger partial charge in [-0.3, -0.25) is 0 Å². The van der Waals surface area contributed by atoms with Gasteiger partial charge in [-0.1, -0.05) is 13.8 Å². The Morgan fingerprint density at radius 3 is 2.94 bits per heavy atom. The van der Waals surface area contributed by atoms with Crippen molar-refractivity contribution in [2.75, 3.05) is 13.7 Å². The van der Waals surface area contributed by atoms with Gasteiger partial charge in [0.05, 0.1) is 6.10 Å². The normalized spacial score (nSPS) is 27.7. The highest BCUT2D eigenvalue weighted by atomic mass is 32.1. The molecule has 0 saturated heterocycles. The molecule has 1 aromatic heterocycles. The van der Waals surface area contributed by atoms with E-state index >= 15 is 0 Å². The number of hydrogen-bond acceptors (Lipinski definition) is 3. The Bertz CT molecular complexity index is 321. The van der Waals surface area contributed by atoms with Gasteiger partial charge >= 0.3 is 0 Å². The molecule has 1 aliphatic carbocycles. The summed E-state index contributed by atoms with van der Waals surface area (Å²) in [5, 5.41) is 8.01. The van der Waals surface area contributed by atoms with Gasteiger partial charge in [0.15, 0.2) is 0 Å². The van der Waals surface area contributed by atoms with Crippen molar-refractivity contribution in [1.29, 1.82) is 0 Å². The fourth-order valence-electron chi connectivity index (χ4n) is 2.46. The van der Waals surface area contributed by atoms with Gasteiger partial charge in [0.1, 0.15) is 0 Å². The number of nitrogens with one attached hydrogen (secondary N) is 1. The van der Waals surface area contributed by atoms with Crippen LogP contribution in [0.15, 0.2) is 16.8 Å². The van der Waals surface area contributed by atoms with Crippen molar-refractivity contribution in [1.82, 2.24) is 5.32 Å². The maximum Gasteiger partial charge on any atom is 0.0652 e. The van der Waals surface area contributed by atoms with Crippen LogP contribution >= 0.6 is 11.3 Å². The first-order valence-corrected chi connectivity index (χ1v) is 6.86. The third-order valence-corrected chi connectivity index (χ3v) is 4.58. The van der Waals surface area contributed by atoms with Crippen molar-refractivity contribution < 1.29 is 4.74 Å². The van der Waals surface area contributed by atoms with Crippen molar-refractivity contribution in [2.24, 2.45) is 5.41 Å². The summed E-state index contributed by atoms with van der Waals surface area (Å²) in [7, 11) is 1.81. The summed E-state index contributed by atoms with van der Waals surface area (Å²) >= 11 is 1.77. The van der Waals surface area contributed by atoms with E-state index in [2.05, 4.69) is 36.0 Å². The topological polar surface area (TPSA) is 21.3 Å². The molecule has 1 aromatic rings. The number of ether oxygens (including phenoxy) is 1. The number of hydrogen-bond donors (Lipinski definition) is 1. The highest BCUT2D eigenvalue weighted by Crippen LogP contribution is 2.42. The van der Waals surface area contributed by atoms with Gasteiger partial charge in [0, 0.05) is 18.6 Å². The SMILES string of the molecule is COC1CC(NCCc2ccsc2)C1(C)C. The maximum absolute atomic E-state index is 5.45. The molecule has 0 spiro atoms. The summed E-state index contributed by atoms with van der Waals surface area (Å²) in [4.78, 5) is 0. The lowest BCUT2D eigenvalue weighted by atomic mass is 9.64. The van der Waals surface area contributed by atoms with E-state index in [0.29, 0.717) is 12.1 Å². The lowest BCUT2D eigenvalue weighted by molar-refractivity contribution is -0.0971. The molecule has 0 aliphatic heterocycles. The number of rotatable bonds is 5. The van der Waals surface area contributed by atoms with Gasteiger partial charge in [-0.05, 0) is 41.8 Å². The molecular formula is C13H21NOS. The molecule has 3 heteroatoms. The van der Waals surface area contributed by atoms with Crippen LogP contribution in [0.4, 0.5) is 0 Å². The van der Waals surface area contributed by atoms with E-state index in [1.807, 2.05) is 7.11 Å². The van der Waals surface area contributed by atoms with Gasteiger partial charge in [-0.15, -0.1) is 0 Å². The van der Waals surface area contributed by atoms with E-state index < -0.39 is 0 Å². The molecule has 16 heavy (non-hydrogen) atoms. The van der Waals surface area contributed by atoms with Crippen LogP contribution in [-0.2, 0) is 11.2 Å². The third-order valence-electron chi connectivity index (χ3n) is 3.85. The lowest BCUT2D eigenvalue weighted by Gasteiger charge is -2.51. The van der Waals surface area contributed by atoms with E-state index in [0.717, 1.165) is 19.4 Å². The average Bonchev–Trinajstić information content (AvgIpc) is 2.75. The molecule has 1 aliphatic rings. The van der Waals surface area contributed by atoms with Crippen LogP contribution in [0.25, 0.3) is 0 Å². The van der Waals surface area contributed by atoms with E-state index in [-0.39, 0.29) is 5.41 Å². The summed E-state index contributed by atoms with van der Waals surface area (Å²) in [5.74, 6) is 0. The van der Waals surface area contributed by atoms with Gasteiger partial charge in [-0.25, -0.2) is 0 Å². The standard InChI is InChI=1S/C13H21NOS/c1-13(2)11(8-12(13)15-3)14-6-4-10-5-7-16-9-10/h5,7,9,11-12,14H,4,6,8H2,1-3H3. The molecule has 2 rings (SSSR count). The van der Waals surface area contributed by atoms with Crippen LogP contribution in [-0.4, -0.2) is 25.8 Å². The monoisotopic (exact) mass is 239 g/mol. The summed E-state index contributed by atoms with van der Waals surface area (Å²) in [5.41, 5.74) is 1.72. The molecule has 90 valence electrons. The molecule has 1 fully saturated rings. The summed E-state index contributed by atoms with van der Waals surface area (Å²) in [6.45, 7) is 5.64. The molecule has 1 N–H and O–H groups in total. The summed E-state index contributed by atoms with van der Waals surface area (Å²) in [6.07, 6.45) is 2.70. The fourth-order valence-corrected chi connectivity index (χ4v) is 3.16. The molecule has 2 unspecified atom stereocenters. The second-order valence-electron chi connectivity index (χ2n) is 5.17. The minimum atomic E-state index is 0.281. The largest absolute Gasteiger partial charge is 0.381 e. The molecular weight excluding hydrogens is 218 g/mol. The predicted molar refractivity (Wildman–Crippen MR) is 69.0 cm³/mol. The van der Waals surface area contributed by atoms with Crippen LogP contribution in [0, 0.1) is 5.41 Å². The predicted octanol–water partition coefficient (Wildman–Crippen LogP) is 2.69. The summed E-state index contributed by atoms with van der Waals surface area (Å²) in [6, 6.07) is 2.81. The molecule has 1 heterocycles. The van der Waals surface area contributed by atoms with Crippen LogP contribution < -0.4 is 5.32 Å². The molecule has 1 saturated carbocycles. The zero-order valence-electron chi connectivity index (χ0n) is 10.3. The van der Waals surface area contributed by atoms with Gasteiger partial charge < -0.3 is 10.1 Å². The van der Waals surface area contributed by atoms with Crippen LogP contribution in [0.1, 0.15) is 25.8 Å². The van der Waals surface area contributed by atoms with Crippen molar-refractivity contribution in [3.63, 3.8) is 0 Å². The van der Waals surface area contributed by atoms with Gasteiger partial charge in [0.25, 0.3) is 0 Å². The van der Waals surface area contributed by atoms with E-state index in [1.54, 1.807) is 11.3 Å². The minimum Gasteiger partial charge on any atom is -0.381 e. The quantitative estimate of drug-likeness (QED) is 0.853. The second-order valence-corrected chi connectivity index (χ2v) is 5.95. The van der Waals surface area contributed by atoms with Crippen LogP contribution in [0.5, 0.6) is 0 Å². The van der Waals surface area contributed by atoms with E-state index in [1.165, 1.54) is 5.56 Å². The van der Waals surface area contributed by atoms with Gasteiger partial charge in [-0.2, -0.15) is 11.3 Å². The first-order valence-electron chi connectivity index (χ1n) is 5.92. The molecule has 2 nitrogen and oxygen atoms in total. The summed E-state index contributed by atoms with van der Waals surface area (Å²) < 4.78 is 5.45. The molecule has 2 atom stereocenters. The van der Waals surface area contributed by atoms with Gasteiger partial charge in [0.2, 0.25) is 0 Å². The Morgan fingerprint density at radius 1 is 1.56 bits per heavy atom. The third kappa shape index (κ3) is 2.31. The first-order chi connectivity index (χ1) is 7.64. The van der Waals surface area contributed by atoms with Crippen molar-refractivity contribution in [3.05, 3.63) is 22.4 Å². The highest BCUT2D eigenvalue weighted by Gasteiger charge is 2.47. The Balaban J connectivity index is 1.72. The second kappa shape index (κ2) is 4.86. The zero-order chi connectivity index (χ0) is 11.6. The fraction of sp³-hybridized carbons (Fsp3) is 0.692. The average molecular weight is 239 g/mol. The van der Waals surface area contributed by atoms with Crippen molar-refractivity contribution in [2.45, 2.75) is 38.8 Å². The molecule has 0 radical (unpaired) electrons. The lowest BCUT2D eigenvalue weighted by Crippen LogP contribution is -2.60. The van der Waals surface area contributed by atoms with E-state index in [9.17, 15) is 0 Å². The molecule has 0 amide bonds. The van der Waals surface area contributed by atoms with Crippen LogP contribution in [0.3, 0.4) is 0 Å². The Morgan fingerprint density at radius 2 is 2.38 bits per heavy atom. The van der Waals surface area contributed by atoms with Crippen LogP contribution in [0.2, 0.25) is 0 Å². The maximum atomic E-state index is 5.45. The van der Waals surface area contributed by atoms with E-state index in [4.69, 9.17) is 4.74 Å². The number of thiophene rings is 1. The van der Waals surface area contributed by atoms with Crippen molar-refractivity contribution in [3.8, 4) is 0 Å². The molecule has 0 aromatic carbocycles. The Kier molecular flexibility index (Phi) is 3.67. The molecule has 0 bridgehead atoms.